The maximum atomic E-state index is 12.3. The van der Waals surface area contributed by atoms with Crippen LogP contribution in [0.4, 0.5) is 4.79 Å². The fraction of sp³-hybridized carbons (Fsp3) is 0.238. The predicted molar refractivity (Wildman–Crippen MR) is 107 cm³/mol. The van der Waals surface area contributed by atoms with E-state index in [4.69, 9.17) is 0 Å². The van der Waals surface area contributed by atoms with Crippen molar-refractivity contribution in [3.63, 3.8) is 0 Å². The summed E-state index contributed by atoms with van der Waals surface area (Å²) in [6.45, 7) is 1.05. The van der Waals surface area contributed by atoms with Crippen LogP contribution in [0.5, 0.6) is 0 Å². The van der Waals surface area contributed by atoms with E-state index >= 15 is 0 Å². The van der Waals surface area contributed by atoms with E-state index in [2.05, 4.69) is 21.7 Å². The molecule has 0 aliphatic heterocycles. The standard InChI is InChI=1S/C21H24N4O2/c1-22-20(26)16-9-7-15(8-10-16)14-25(2)21(27)23-12-11-17-13-24-19-6-4-3-5-18(17)19/h3-10,13,24H,11-12,14H2,1-2H3,(H,22,26)(H,23,27). The maximum Gasteiger partial charge on any atom is 0.317 e. The number of hydrogen-bond acceptors (Lipinski definition) is 2. The number of nitrogens with zero attached hydrogens (tertiary/aromatic N) is 1. The number of aromatic amines is 1. The number of para-hydroxylation sites is 1. The maximum absolute atomic E-state index is 12.3. The first-order valence-electron chi connectivity index (χ1n) is 8.93. The van der Waals surface area contributed by atoms with E-state index in [0.717, 1.165) is 17.5 Å². The molecule has 3 rings (SSSR count). The number of nitrogens with one attached hydrogen (secondary N) is 3. The van der Waals surface area contributed by atoms with Gasteiger partial charge in [0.05, 0.1) is 0 Å². The minimum Gasteiger partial charge on any atom is -0.361 e. The summed E-state index contributed by atoms with van der Waals surface area (Å²) < 4.78 is 0. The van der Waals surface area contributed by atoms with Gasteiger partial charge in [0.2, 0.25) is 0 Å². The molecule has 0 spiro atoms. The summed E-state index contributed by atoms with van der Waals surface area (Å²) in [5.74, 6) is -0.120. The van der Waals surface area contributed by atoms with Gasteiger partial charge in [0.25, 0.3) is 5.91 Å². The van der Waals surface area contributed by atoms with E-state index in [9.17, 15) is 9.59 Å². The molecule has 0 atom stereocenters. The second kappa shape index (κ2) is 8.40. The van der Waals surface area contributed by atoms with Crippen LogP contribution < -0.4 is 10.6 Å². The van der Waals surface area contributed by atoms with E-state index in [0.29, 0.717) is 18.7 Å². The highest BCUT2D eigenvalue weighted by atomic mass is 16.2. The van der Waals surface area contributed by atoms with Gasteiger partial charge in [0, 0.05) is 49.8 Å². The smallest absolute Gasteiger partial charge is 0.317 e. The van der Waals surface area contributed by atoms with Crippen LogP contribution in [-0.4, -0.2) is 42.5 Å². The summed E-state index contributed by atoms with van der Waals surface area (Å²) in [6, 6.07) is 15.3. The Morgan fingerprint density at radius 1 is 1.07 bits per heavy atom. The Morgan fingerprint density at radius 2 is 1.81 bits per heavy atom. The fourth-order valence-corrected chi connectivity index (χ4v) is 3.03. The number of aromatic nitrogens is 1. The van der Waals surface area contributed by atoms with Gasteiger partial charge in [-0.25, -0.2) is 4.79 Å². The lowest BCUT2D eigenvalue weighted by Crippen LogP contribution is -2.37. The molecular weight excluding hydrogens is 340 g/mol. The van der Waals surface area contributed by atoms with Crippen molar-refractivity contribution >= 4 is 22.8 Å². The van der Waals surface area contributed by atoms with Crippen LogP contribution in [0.2, 0.25) is 0 Å². The third-order valence-corrected chi connectivity index (χ3v) is 4.56. The van der Waals surface area contributed by atoms with Gasteiger partial charge >= 0.3 is 6.03 Å². The summed E-state index contributed by atoms with van der Waals surface area (Å²) >= 11 is 0. The van der Waals surface area contributed by atoms with Crippen LogP contribution in [0.1, 0.15) is 21.5 Å². The molecule has 0 saturated heterocycles. The van der Waals surface area contributed by atoms with Gasteiger partial charge in [-0.15, -0.1) is 0 Å². The Morgan fingerprint density at radius 3 is 2.56 bits per heavy atom. The number of hydrogen-bond donors (Lipinski definition) is 3. The average molecular weight is 364 g/mol. The molecule has 0 bridgehead atoms. The lowest BCUT2D eigenvalue weighted by molar-refractivity contribution is 0.0963. The molecule has 3 aromatic rings. The van der Waals surface area contributed by atoms with Gasteiger partial charge in [0.1, 0.15) is 0 Å². The lowest BCUT2D eigenvalue weighted by atomic mass is 10.1. The molecule has 1 aromatic heterocycles. The first kappa shape index (κ1) is 18.5. The second-order valence-corrected chi connectivity index (χ2v) is 6.47. The molecule has 6 nitrogen and oxygen atoms in total. The Hall–Kier alpha value is -3.28. The molecule has 140 valence electrons. The molecule has 6 heteroatoms. The molecule has 3 N–H and O–H groups in total. The highest BCUT2D eigenvalue weighted by Crippen LogP contribution is 2.17. The first-order chi connectivity index (χ1) is 13.1. The van der Waals surface area contributed by atoms with Gasteiger partial charge in [-0.1, -0.05) is 30.3 Å². The topological polar surface area (TPSA) is 77.2 Å². The third-order valence-electron chi connectivity index (χ3n) is 4.56. The number of rotatable bonds is 6. The van der Waals surface area contributed by atoms with Crippen LogP contribution in [0, 0.1) is 0 Å². The number of benzene rings is 2. The fourth-order valence-electron chi connectivity index (χ4n) is 3.03. The van der Waals surface area contributed by atoms with Crippen molar-refractivity contribution in [1.82, 2.24) is 20.5 Å². The average Bonchev–Trinajstić information content (AvgIpc) is 3.11. The number of H-pyrrole nitrogens is 1. The highest BCUT2D eigenvalue weighted by Gasteiger charge is 2.10. The monoisotopic (exact) mass is 364 g/mol. The number of fused-ring (bicyclic) bond motifs is 1. The highest BCUT2D eigenvalue weighted by molar-refractivity contribution is 5.93. The van der Waals surface area contributed by atoms with Gasteiger partial charge in [-0.2, -0.15) is 0 Å². The van der Waals surface area contributed by atoms with Crippen molar-refractivity contribution < 1.29 is 9.59 Å². The molecular formula is C21H24N4O2. The summed E-state index contributed by atoms with van der Waals surface area (Å²) in [5.41, 5.74) is 3.87. The summed E-state index contributed by atoms with van der Waals surface area (Å²) in [4.78, 5) is 28.7. The van der Waals surface area contributed by atoms with Gasteiger partial charge < -0.3 is 20.5 Å². The lowest BCUT2D eigenvalue weighted by Gasteiger charge is -2.18. The van der Waals surface area contributed by atoms with Crippen molar-refractivity contribution in [3.8, 4) is 0 Å². The van der Waals surface area contributed by atoms with E-state index in [1.807, 2.05) is 36.5 Å². The number of urea groups is 1. The SMILES string of the molecule is CNC(=O)c1ccc(CN(C)C(=O)NCCc2c[nH]c3ccccc23)cc1. The van der Waals surface area contributed by atoms with Crippen molar-refractivity contribution in [1.29, 1.82) is 0 Å². The van der Waals surface area contributed by atoms with E-state index in [1.54, 1.807) is 31.1 Å². The molecule has 0 radical (unpaired) electrons. The number of amides is 3. The zero-order chi connectivity index (χ0) is 19.2. The first-order valence-corrected chi connectivity index (χ1v) is 8.93. The Kier molecular flexibility index (Phi) is 5.76. The zero-order valence-electron chi connectivity index (χ0n) is 15.6. The minimum atomic E-state index is -0.120. The van der Waals surface area contributed by atoms with Gasteiger partial charge in [-0.3, -0.25) is 4.79 Å². The quantitative estimate of drug-likeness (QED) is 0.629. The summed E-state index contributed by atoms with van der Waals surface area (Å²) in [7, 11) is 3.36. The van der Waals surface area contributed by atoms with E-state index < -0.39 is 0 Å². The predicted octanol–water partition coefficient (Wildman–Crippen LogP) is 2.91. The largest absolute Gasteiger partial charge is 0.361 e. The molecule has 0 saturated carbocycles. The third kappa shape index (κ3) is 4.47. The molecule has 0 aliphatic carbocycles. The van der Waals surface area contributed by atoms with Crippen LogP contribution >= 0.6 is 0 Å². The summed E-state index contributed by atoms with van der Waals surface area (Å²) in [5, 5.41) is 6.73. The number of carbonyl (C=O) groups excluding carboxylic acids is 2. The van der Waals surface area contributed by atoms with E-state index in [1.165, 1.54) is 10.9 Å². The van der Waals surface area contributed by atoms with Crippen molar-refractivity contribution in [2.24, 2.45) is 0 Å². The second-order valence-electron chi connectivity index (χ2n) is 6.47. The normalized spacial score (nSPS) is 10.6. The molecule has 0 fully saturated rings. The molecule has 0 aliphatic rings. The van der Waals surface area contributed by atoms with Crippen molar-refractivity contribution in [2.75, 3.05) is 20.6 Å². The van der Waals surface area contributed by atoms with Gasteiger partial charge in [-0.05, 0) is 35.7 Å². The Balaban J connectivity index is 1.49. The molecule has 3 amide bonds. The van der Waals surface area contributed by atoms with Crippen LogP contribution in [-0.2, 0) is 13.0 Å². The van der Waals surface area contributed by atoms with Crippen molar-refractivity contribution in [2.45, 2.75) is 13.0 Å². The molecule has 27 heavy (non-hydrogen) atoms. The molecule has 1 heterocycles. The van der Waals surface area contributed by atoms with Crippen LogP contribution in [0.15, 0.2) is 54.7 Å². The molecule has 0 unspecified atom stereocenters. The van der Waals surface area contributed by atoms with Crippen molar-refractivity contribution in [3.05, 3.63) is 71.4 Å². The van der Waals surface area contributed by atoms with E-state index in [-0.39, 0.29) is 11.9 Å². The number of carbonyl (C=O) groups is 2. The Bertz CT molecular complexity index is 931. The minimum absolute atomic E-state index is 0.120. The van der Waals surface area contributed by atoms with Gasteiger partial charge in [0.15, 0.2) is 0 Å². The Labute approximate surface area is 158 Å². The summed E-state index contributed by atoms with van der Waals surface area (Å²) in [6.07, 6.45) is 2.76. The molecule has 2 aromatic carbocycles. The van der Waals surface area contributed by atoms with Crippen LogP contribution in [0.3, 0.4) is 0 Å². The van der Waals surface area contributed by atoms with Crippen LogP contribution in [0.25, 0.3) is 10.9 Å². The zero-order valence-corrected chi connectivity index (χ0v) is 15.6.